The number of hydrogen-bond acceptors (Lipinski definition) is 5. The Kier molecular flexibility index (Phi) is 5.19. The van der Waals surface area contributed by atoms with Crippen molar-refractivity contribution in [3.05, 3.63) is 24.3 Å². The fraction of sp³-hybridized carbons (Fsp3) is 0.385. The predicted molar refractivity (Wildman–Crippen MR) is 74.0 cm³/mol. The average molecular weight is 275 g/mol. The van der Waals surface area contributed by atoms with E-state index in [1.54, 1.807) is 7.11 Å². The molecule has 1 aromatic heterocycles. The number of H-pyrrole nitrogens is 1. The van der Waals surface area contributed by atoms with Gasteiger partial charge in [-0.3, -0.25) is 4.79 Å². The summed E-state index contributed by atoms with van der Waals surface area (Å²) in [5, 5.41) is 16.5. The molecule has 1 aromatic carbocycles. The number of hydrogen-bond donors (Lipinski definition) is 2. The third-order valence-electron chi connectivity index (χ3n) is 2.77. The Bertz CT molecular complexity index is 524. The van der Waals surface area contributed by atoms with Crippen LogP contribution in [0.4, 0.5) is 5.69 Å². The smallest absolute Gasteiger partial charge is 0.224 e. The van der Waals surface area contributed by atoms with Crippen molar-refractivity contribution in [1.82, 2.24) is 20.6 Å². The van der Waals surface area contributed by atoms with Crippen molar-refractivity contribution in [2.75, 3.05) is 19.0 Å². The van der Waals surface area contributed by atoms with Crippen molar-refractivity contribution >= 4 is 11.6 Å². The lowest BCUT2D eigenvalue weighted by Crippen LogP contribution is -2.11. The van der Waals surface area contributed by atoms with E-state index >= 15 is 0 Å². The minimum absolute atomic E-state index is 0.00779. The molecule has 0 bridgehead atoms. The summed E-state index contributed by atoms with van der Waals surface area (Å²) in [4.78, 5) is 11.7. The number of carbonyl (C=O) groups is 1. The molecule has 0 radical (unpaired) electrons. The quantitative estimate of drug-likeness (QED) is 0.749. The van der Waals surface area contributed by atoms with Crippen molar-refractivity contribution in [2.45, 2.75) is 19.3 Å². The van der Waals surface area contributed by atoms with Gasteiger partial charge in [-0.25, -0.2) is 0 Å². The van der Waals surface area contributed by atoms with Crippen LogP contribution in [0.2, 0.25) is 0 Å². The van der Waals surface area contributed by atoms with Crippen LogP contribution in [-0.4, -0.2) is 40.2 Å². The van der Waals surface area contributed by atoms with E-state index in [1.807, 2.05) is 24.3 Å². The second kappa shape index (κ2) is 7.34. The Morgan fingerprint density at radius 3 is 2.75 bits per heavy atom. The lowest BCUT2D eigenvalue weighted by Gasteiger charge is -2.05. The average Bonchev–Trinajstić information content (AvgIpc) is 2.99. The standard InChI is InChI=1S/C13H17N5O2/c1-20-9-3-2-4-12(19)14-11-7-5-10(6-8-11)13-15-17-18-16-13/h5-8H,2-4,9H2,1H3,(H,14,19)(H,15,16,17,18). The molecule has 20 heavy (non-hydrogen) atoms. The Hall–Kier alpha value is -2.28. The number of aromatic nitrogens is 4. The molecular weight excluding hydrogens is 258 g/mol. The first-order chi connectivity index (χ1) is 9.79. The number of methoxy groups -OCH3 is 1. The third kappa shape index (κ3) is 4.13. The molecule has 7 nitrogen and oxygen atoms in total. The summed E-state index contributed by atoms with van der Waals surface area (Å²) in [6, 6.07) is 7.31. The number of unbranched alkanes of at least 4 members (excludes halogenated alkanes) is 1. The number of anilines is 1. The number of nitrogens with zero attached hydrogens (tertiary/aromatic N) is 3. The van der Waals surface area contributed by atoms with Gasteiger partial charge in [-0.1, -0.05) is 0 Å². The maximum absolute atomic E-state index is 11.7. The number of rotatable bonds is 7. The minimum atomic E-state index is 0.00779. The monoisotopic (exact) mass is 275 g/mol. The number of carbonyl (C=O) groups excluding carboxylic acids is 1. The third-order valence-corrected chi connectivity index (χ3v) is 2.77. The maximum Gasteiger partial charge on any atom is 0.224 e. The number of ether oxygens (including phenoxy) is 1. The van der Waals surface area contributed by atoms with Crippen LogP contribution in [0.15, 0.2) is 24.3 Å². The minimum Gasteiger partial charge on any atom is -0.385 e. The summed E-state index contributed by atoms with van der Waals surface area (Å²) in [5.41, 5.74) is 1.60. The first-order valence-electron chi connectivity index (χ1n) is 6.42. The zero-order valence-electron chi connectivity index (χ0n) is 11.3. The molecular formula is C13H17N5O2. The zero-order valence-corrected chi connectivity index (χ0v) is 11.3. The molecule has 0 atom stereocenters. The molecule has 7 heteroatoms. The second-order valence-electron chi connectivity index (χ2n) is 4.31. The Morgan fingerprint density at radius 2 is 2.10 bits per heavy atom. The van der Waals surface area contributed by atoms with Crippen molar-refractivity contribution in [1.29, 1.82) is 0 Å². The van der Waals surface area contributed by atoms with Crippen LogP contribution >= 0.6 is 0 Å². The Morgan fingerprint density at radius 1 is 1.30 bits per heavy atom. The van der Waals surface area contributed by atoms with Gasteiger partial charge >= 0.3 is 0 Å². The van der Waals surface area contributed by atoms with Crippen LogP contribution < -0.4 is 5.32 Å². The summed E-state index contributed by atoms with van der Waals surface area (Å²) < 4.78 is 4.94. The second-order valence-corrected chi connectivity index (χ2v) is 4.31. The number of nitrogens with one attached hydrogen (secondary N) is 2. The normalized spacial score (nSPS) is 10.4. The van der Waals surface area contributed by atoms with Gasteiger partial charge in [0, 0.05) is 31.4 Å². The van der Waals surface area contributed by atoms with E-state index in [0.29, 0.717) is 18.9 Å². The highest BCUT2D eigenvalue weighted by atomic mass is 16.5. The molecule has 1 amide bonds. The van der Waals surface area contributed by atoms with E-state index < -0.39 is 0 Å². The Labute approximate surface area is 116 Å². The van der Waals surface area contributed by atoms with Crippen LogP contribution in [0, 0.1) is 0 Å². The summed E-state index contributed by atoms with van der Waals surface area (Å²) in [6.07, 6.45) is 2.21. The summed E-state index contributed by atoms with van der Waals surface area (Å²) in [5.74, 6) is 0.538. The number of aromatic amines is 1. The zero-order chi connectivity index (χ0) is 14.2. The highest BCUT2D eigenvalue weighted by Crippen LogP contribution is 2.17. The molecule has 0 saturated carbocycles. The van der Waals surface area contributed by atoms with E-state index in [4.69, 9.17) is 4.74 Å². The van der Waals surface area contributed by atoms with Crippen molar-refractivity contribution in [2.24, 2.45) is 0 Å². The topological polar surface area (TPSA) is 92.8 Å². The first kappa shape index (κ1) is 14.1. The van der Waals surface area contributed by atoms with Gasteiger partial charge in [-0.15, -0.1) is 10.2 Å². The molecule has 0 spiro atoms. The lowest BCUT2D eigenvalue weighted by molar-refractivity contribution is -0.116. The molecule has 0 fully saturated rings. The van der Waals surface area contributed by atoms with Crippen molar-refractivity contribution < 1.29 is 9.53 Å². The van der Waals surface area contributed by atoms with Gasteiger partial charge in [0.15, 0.2) is 0 Å². The fourth-order valence-electron chi connectivity index (χ4n) is 1.74. The van der Waals surface area contributed by atoms with E-state index in [1.165, 1.54) is 0 Å². The van der Waals surface area contributed by atoms with Gasteiger partial charge in [0.1, 0.15) is 0 Å². The van der Waals surface area contributed by atoms with Gasteiger partial charge in [0.25, 0.3) is 0 Å². The van der Waals surface area contributed by atoms with Gasteiger partial charge in [0.2, 0.25) is 11.7 Å². The maximum atomic E-state index is 11.7. The molecule has 106 valence electrons. The molecule has 0 aliphatic heterocycles. The van der Waals surface area contributed by atoms with Crippen LogP contribution in [0.1, 0.15) is 19.3 Å². The van der Waals surface area contributed by atoms with Gasteiger partial charge in [0.05, 0.1) is 0 Å². The molecule has 2 N–H and O–H groups in total. The molecule has 2 aromatic rings. The highest BCUT2D eigenvalue weighted by molar-refractivity contribution is 5.90. The van der Waals surface area contributed by atoms with Crippen LogP contribution in [0.3, 0.4) is 0 Å². The number of benzene rings is 1. The molecule has 0 unspecified atom stereocenters. The van der Waals surface area contributed by atoms with Gasteiger partial charge in [-0.2, -0.15) is 5.21 Å². The highest BCUT2D eigenvalue weighted by Gasteiger charge is 2.05. The van der Waals surface area contributed by atoms with E-state index in [9.17, 15) is 4.79 Å². The van der Waals surface area contributed by atoms with Crippen molar-refractivity contribution in [3.63, 3.8) is 0 Å². The number of amides is 1. The molecule has 0 saturated heterocycles. The molecule has 0 aliphatic carbocycles. The summed E-state index contributed by atoms with van der Waals surface area (Å²) in [6.45, 7) is 0.687. The van der Waals surface area contributed by atoms with Gasteiger partial charge < -0.3 is 10.1 Å². The number of tetrazole rings is 1. The molecule has 0 aliphatic rings. The van der Waals surface area contributed by atoms with E-state index in [0.717, 1.165) is 24.1 Å². The fourth-order valence-corrected chi connectivity index (χ4v) is 1.74. The van der Waals surface area contributed by atoms with Crippen molar-refractivity contribution in [3.8, 4) is 11.4 Å². The predicted octanol–water partition coefficient (Wildman–Crippen LogP) is 1.62. The Balaban J connectivity index is 1.83. The molecule has 2 rings (SSSR count). The SMILES string of the molecule is COCCCCC(=O)Nc1ccc(-c2nn[nH]n2)cc1. The lowest BCUT2D eigenvalue weighted by atomic mass is 10.2. The van der Waals surface area contributed by atoms with Crippen LogP contribution in [-0.2, 0) is 9.53 Å². The van der Waals surface area contributed by atoms with E-state index in [2.05, 4.69) is 25.9 Å². The van der Waals surface area contributed by atoms with E-state index in [-0.39, 0.29) is 5.91 Å². The van der Waals surface area contributed by atoms with Crippen LogP contribution in [0.5, 0.6) is 0 Å². The van der Waals surface area contributed by atoms with Crippen LogP contribution in [0.25, 0.3) is 11.4 Å². The molecule has 1 heterocycles. The largest absolute Gasteiger partial charge is 0.385 e. The first-order valence-corrected chi connectivity index (χ1v) is 6.42. The summed E-state index contributed by atoms with van der Waals surface area (Å²) >= 11 is 0. The summed E-state index contributed by atoms with van der Waals surface area (Å²) in [7, 11) is 1.66. The van der Waals surface area contributed by atoms with Gasteiger partial charge in [-0.05, 0) is 42.3 Å².